The number of hydrogen-bond donors (Lipinski definition) is 6. The van der Waals surface area contributed by atoms with Crippen molar-refractivity contribution in [1.29, 1.82) is 0 Å². The summed E-state index contributed by atoms with van der Waals surface area (Å²) in [7, 11) is 0. The number of carboxylic acid groups (broad SMARTS) is 1. The van der Waals surface area contributed by atoms with Gasteiger partial charge in [0.2, 0.25) is 17.7 Å². The molecule has 0 unspecified atom stereocenters. The van der Waals surface area contributed by atoms with E-state index < -0.39 is 72.4 Å². The third kappa shape index (κ3) is 11.2. The van der Waals surface area contributed by atoms with Gasteiger partial charge in [-0.3, -0.25) is 39.0 Å². The summed E-state index contributed by atoms with van der Waals surface area (Å²) in [6.07, 6.45) is -2.10. The Morgan fingerprint density at radius 1 is 0.830 bits per heavy atom. The second kappa shape index (κ2) is 16.8. The number of hydrazine groups is 1. The minimum absolute atomic E-state index is 0.0904. The van der Waals surface area contributed by atoms with Crippen LogP contribution < -0.4 is 27.1 Å². The van der Waals surface area contributed by atoms with Crippen molar-refractivity contribution in [2.45, 2.75) is 70.4 Å². The van der Waals surface area contributed by atoms with Crippen LogP contribution in [0.15, 0.2) is 60.7 Å². The van der Waals surface area contributed by atoms with E-state index in [4.69, 9.17) is 10.5 Å². The highest BCUT2D eigenvalue weighted by Crippen LogP contribution is 2.24. The topological polar surface area (TPSA) is 230 Å². The van der Waals surface area contributed by atoms with Crippen LogP contribution in [-0.4, -0.2) is 88.4 Å². The highest BCUT2D eigenvalue weighted by molar-refractivity contribution is 5.99. The molecule has 7 N–H and O–H groups in total. The number of carbonyl (C=O) groups excluding carboxylic acids is 6. The van der Waals surface area contributed by atoms with Crippen LogP contribution >= 0.6 is 0 Å². The summed E-state index contributed by atoms with van der Waals surface area (Å²) in [6.45, 7) is 3.76. The molecule has 5 atom stereocenters. The van der Waals surface area contributed by atoms with Gasteiger partial charge in [-0.2, -0.15) is 0 Å². The lowest BCUT2D eigenvalue weighted by Crippen LogP contribution is -2.58. The van der Waals surface area contributed by atoms with Crippen LogP contribution in [0.2, 0.25) is 0 Å². The number of amides is 6. The molecule has 6 amide bonds. The Morgan fingerprint density at radius 2 is 1.43 bits per heavy atom. The third-order valence-electron chi connectivity index (χ3n) is 7.24. The lowest BCUT2D eigenvalue weighted by atomic mass is 10.0. The highest BCUT2D eigenvalue weighted by atomic mass is 16.6. The van der Waals surface area contributed by atoms with Crippen LogP contribution in [0.5, 0.6) is 0 Å². The number of aryl methyl sites for hydroxylation is 1. The van der Waals surface area contributed by atoms with Crippen LogP contribution in [0.4, 0.5) is 0 Å². The fourth-order valence-corrected chi connectivity index (χ4v) is 4.57. The van der Waals surface area contributed by atoms with Gasteiger partial charge >= 0.3 is 5.97 Å². The van der Waals surface area contributed by atoms with Crippen molar-refractivity contribution in [3.05, 3.63) is 71.8 Å². The number of primary amides is 1. The Morgan fingerprint density at radius 3 is 1.98 bits per heavy atom. The predicted molar refractivity (Wildman–Crippen MR) is 167 cm³/mol. The molecule has 1 saturated heterocycles. The minimum Gasteiger partial charge on any atom is -0.480 e. The van der Waals surface area contributed by atoms with E-state index >= 15 is 0 Å². The first-order valence-electron chi connectivity index (χ1n) is 15.0. The van der Waals surface area contributed by atoms with E-state index in [0.717, 1.165) is 11.1 Å². The molecule has 15 heteroatoms. The van der Waals surface area contributed by atoms with E-state index in [2.05, 4.69) is 21.4 Å². The molecule has 0 aromatic heterocycles. The number of epoxide rings is 1. The summed E-state index contributed by atoms with van der Waals surface area (Å²) in [5.74, 6) is -6.45. The van der Waals surface area contributed by atoms with E-state index in [-0.39, 0.29) is 24.7 Å². The number of rotatable bonds is 16. The Bertz CT molecular complexity index is 1450. The van der Waals surface area contributed by atoms with E-state index in [1.165, 1.54) is 6.92 Å². The van der Waals surface area contributed by atoms with E-state index in [9.17, 15) is 38.7 Å². The zero-order valence-electron chi connectivity index (χ0n) is 26.3. The molecule has 0 bridgehead atoms. The largest absolute Gasteiger partial charge is 0.480 e. The van der Waals surface area contributed by atoms with Gasteiger partial charge in [0.15, 0.2) is 12.2 Å². The van der Waals surface area contributed by atoms with Crippen molar-refractivity contribution in [2.75, 3.05) is 6.54 Å². The average molecular weight is 653 g/mol. The molecule has 0 saturated carbocycles. The standard InChI is InChI=1S/C32H40N6O9/c1-18(2)25(36-23(39)15-14-20-10-6-4-7-11-20)30(44)34-19(3)29(43)37-38(17-24(40)41)32(46)27-26(47-27)31(45)35-22(28(33)42)16-21-12-8-5-9-13-21/h4-13,18-19,22,25-27H,14-17H2,1-3H3,(H2,33,42)(H,34,44)(H,35,45)(H,36,39)(H,37,43)(H,40,41)/t19-,22-,25-,26+,27+/m0/s1. The summed E-state index contributed by atoms with van der Waals surface area (Å²) in [6, 6.07) is 14.8. The molecule has 2 aromatic rings. The molecule has 1 heterocycles. The Kier molecular flexibility index (Phi) is 13.0. The number of hydrogen-bond acceptors (Lipinski definition) is 8. The molecule has 47 heavy (non-hydrogen) atoms. The van der Waals surface area contributed by atoms with Crippen molar-refractivity contribution < 1.29 is 43.4 Å². The molecule has 1 fully saturated rings. The molecule has 15 nitrogen and oxygen atoms in total. The molecule has 1 aliphatic rings. The van der Waals surface area contributed by atoms with Gasteiger partial charge in [-0.1, -0.05) is 74.5 Å². The Balaban J connectivity index is 1.55. The van der Waals surface area contributed by atoms with Crippen molar-refractivity contribution in [1.82, 2.24) is 26.4 Å². The monoisotopic (exact) mass is 652 g/mol. The van der Waals surface area contributed by atoms with Crippen LogP contribution in [0.25, 0.3) is 0 Å². The van der Waals surface area contributed by atoms with E-state index in [0.29, 0.717) is 11.4 Å². The lowest BCUT2D eigenvalue weighted by Gasteiger charge is -2.26. The first-order chi connectivity index (χ1) is 22.3. The van der Waals surface area contributed by atoms with Gasteiger partial charge in [-0.25, -0.2) is 5.01 Å². The van der Waals surface area contributed by atoms with Crippen LogP contribution in [0.3, 0.4) is 0 Å². The minimum atomic E-state index is -1.48. The molecule has 0 aliphatic carbocycles. The first kappa shape index (κ1) is 36.2. The van der Waals surface area contributed by atoms with Gasteiger partial charge in [0.1, 0.15) is 24.7 Å². The molecule has 252 valence electrons. The van der Waals surface area contributed by atoms with Gasteiger partial charge in [-0.15, -0.1) is 0 Å². The summed E-state index contributed by atoms with van der Waals surface area (Å²) < 4.78 is 5.17. The molecule has 3 rings (SSSR count). The SMILES string of the molecule is CC(C)[C@H](NC(=O)CCc1ccccc1)C(=O)N[C@@H](C)C(=O)NN(CC(=O)O)C(=O)[C@@H]1O[C@H]1C(=O)N[C@@H](Cc1ccccc1)C(N)=O. The summed E-state index contributed by atoms with van der Waals surface area (Å²) in [5.41, 5.74) is 9.26. The Hall–Kier alpha value is -5.31. The van der Waals surface area contributed by atoms with Crippen molar-refractivity contribution in [2.24, 2.45) is 11.7 Å². The van der Waals surface area contributed by atoms with Gasteiger partial charge in [-0.05, 0) is 30.4 Å². The number of nitrogens with one attached hydrogen (secondary N) is 4. The normalized spacial score (nSPS) is 16.9. The quantitative estimate of drug-likeness (QED) is 0.0982. The van der Waals surface area contributed by atoms with Gasteiger partial charge < -0.3 is 31.5 Å². The second-order valence-corrected chi connectivity index (χ2v) is 11.4. The number of carboxylic acids is 1. The summed E-state index contributed by atoms with van der Waals surface area (Å²) in [5, 5.41) is 17.4. The summed E-state index contributed by atoms with van der Waals surface area (Å²) >= 11 is 0. The number of aliphatic carboxylic acids is 1. The predicted octanol–water partition coefficient (Wildman–Crippen LogP) is -0.811. The molecule has 0 radical (unpaired) electrons. The fraction of sp³-hybridized carbons (Fsp3) is 0.406. The third-order valence-corrected chi connectivity index (χ3v) is 7.24. The number of nitrogens with two attached hydrogens (primary N) is 1. The van der Waals surface area contributed by atoms with Crippen molar-refractivity contribution in [3.8, 4) is 0 Å². The van der Waals surface area contributed by atoms with E-state index in [1.807, 2.05) is 30.3 Å². The van der Waals surface area contributed by atoms with Crippen molar-refractivity contribution >= 4 is 41.4 Å². The lowest BCUT2D eigenvalue weighted by molar-refractivity contribution is -0.151. The smallest absolute Gasteiger partial charge is 0.325 e. The number of nitrogens with zero attached hydrogens (tertiary/aromatic N) is 1. The maximum atomic E-state index is 13.0. The van der Waals surface area contributed by atoms with Crippen LogP contribution in [-0.2, 0) is 51.1 Å². The van der Waals surface area contributed by atoms with Crippen LogP contribution in [0, 0.1) is 5.92 Å². The first-order valence-corrected chi connectivity index (χ1v) is 15.0. The van der Waals surface area contributed by atoms with E-state index in [1.54, 1.807) is 44.2 Å². The molecule has 1 aliphatic heterocycles. The van der Waals surface area contributed by atoms with Gasteiger partial charge in [0.05, 0.1) is 0 Å². The molecular weight excluding hydrogens is 612 g/mol. The number of benzene rings is 2. The molecular formula is C32H40N6O9. The van der Waals surface area contributed by atoms with Crippen LogP contribution in [0.1, 0.15) is 38.3 Å². The fourth-order valence-electron chi connectivity index (χ4n) is 4.57. The maximum absolute atomic E-state index is 13.0. The van der Waals surface area contributed by atoms with Gasteiger partial charge in [0, 0.05) is 12.8 Å². The van der Waals surface area contributed by atoms with Crippen molar-refractivity contribution in [3.63, 3.8) is 0 Å². The van der Waals surface area contributed by atoms with Gasteiger partial charge in [0.25, 0.3) is 17.7 Å². The zero-order chi connectivity index (χ0) is 34.7. The zero-order valence-corrected chi connectivity index (χ0v) is 26.3. The maximum Gasteiger partial charge on any atom is 0.325 e. The number of ether oxygens (including phenoxy) is 1. The average Bonchev–Trinajstić information content (AvgIpc) is 3.83. The molecule has 0 spiro atoms. The highest BCUT2D eigenvalue weighted by Gasteiger charge is 2.53. The second-order valence-electron chi connectivity index (χ2n) is 11.4. The number of carbonyl (C=O) groups is 7. The molecule has 2 aromatic carbocycles. The summed E-state index contributed by atoms with van der Waals surface area (Å²) in [4.78, 5) is 87.7. The Labute approximate surface area is 271 Å².